The van der Waals surface area contributed by atoms with E-state index in [1.165, 1.54) is 6.07 Å². The summed E-state index contributed by atoms with van der Waals surface area (Å²) in [7, 11) is 0. The first kappa shape index (κ1) is 11.3. The lowest BCUT2D eigenvalue weighted by Crippen LogP contribution is -2.13. The Morgan fingerprint density at radius 2 is 2.20 bits per heavy atom. The van der Waals surface area contributed by atoms with Crippen LogP contribution in [-0.2, 0) is 11.2 Å². The zero-order valence-electron chi connectivity index (χ0n) is 8.27. The van der Waals surface area contributed by atoms with Crippen molar-refractivity contribution < 1.29 is 14.6 Å². The van der Waals surface area contributed by atoms with E-state index in [0.717, 1.165) is 0 Å². The highest BCUT2D eigenvalue weighted by Crippen LogP contribution is 2.26. The molecule has 0 bridgehead atoms. The van der Waals surface area contributed by atoms with Gasteiger partial charge in [-0.15, -0.1) is 0 Å². The van der Waals surface area contributed by atoms with Crippen LogP contribution in [0.3, 0.4) is 0 Å². The molecule has 5 heteroatoms. The predicted octanol–water partition coefficient (Wildman–Crippen LogP) is -0.243. The normalized spacial score (nSPS) is 9.93. The molecule has 0 radical (unpaired) electrons. The van der Waals surface area contributed by atoms with Crippen LogP contribution in [0.2, 0.25) is 0 Å². The fourth-order valence-electron chi connectivity index (χ4n) is 1.17. The Balaban J connectivity index is 2.74. The first-order valence-corrected chi connectivity index (χ1v) is 4.56. The van der Waals surface area contributed by atoms with E-state index in [2.05, 4.69) is 0 Å². The molecule has 0 saturated carbocycles. The maximum absolute atomic E-state index is 10.6. The molecule has 5 N–H and O–H groups in total. The number of carbonyl (C=O) groups excluding carboxylic acids is 1. The van der Waals surface area contributed by atoms with Crippen molar-refractivity contribution in [3.63, 3.8) is 0 Å². The smallest absolute Gasteiger partial charge is 0.221 e. The van der Waals surface area contributed by atoms with Gasteiger partial charge in [-0.05, 0) is 17.7 Å². The minimum absolute atomic E-state index is 0.0119. The number of hydrogen-bond acceptors (Lipinski definition) is 4. The van der Waals surface area contributed by atoms with Gasteiger partial charge in [0.05, 0.1) is 6.42 Å². The standard InChI is InChI=1S/C10H14N2O3/c11-3-4-15-9-2-1-7(5-8(9)13)6-10(12)14/h1-2,5,13H,3-4,6,11H2,(H2,12,14). The van der Waals surface area contributed by atoms with Crippen molar-refractivity contribution in [2.45, 2.75) is 6.42 Å². The number of amides is 1. The Labute approximate surface area is 87.6 Å². The summed E-state index contributed by atoms with van der Waals surface area (Å²) in [6.45, 7) is 0.713. The van der Waals surface area contributed by atoms with E-state index in [4.69, 9.17) is 16.2 Å². The molecule has 0 atom stereocenters. The highest BCUT2D eigenvalue weighted by Gasteiger charge is 2.05. The predicted molar refractivity (Wildman–Crippen MR) is 55.6 cm³/mol. The minimum Gasteiger partial charge on any atom is -0.504 e. The van der Waals surface area contributed by atoms with E-state index in [-0.39, 0.29) is 12.2 Å². The molecule has 0 unspecified atom stereocenters. The molecule has 5 nitrogen and oxygen atoms in total. The van der Waals surface area contributed by atoms with Gasteiger partial charge in [0, 0.05) is 6.54 Å². The third kappa shape index (κ3) is 3.47. The minimum atomic E-state index is -0.440. The van der Waals surface area contributed by atoms with Crippen LogP contribution in [0.1, 0.15) is 5.56 Å². The molecular formula is C10H14N2O3. The molecule has 1 amide bonds. The summed E-state index contributed by atoms with van der Waals surface area (Å²) < 4.78 is 5.15. The van der Waals surface area contributed by atoms with Gasteiger partial charge in [0.15, 0.2) is 11.5 Å². The average molecular weight is 210 g/mol. The highest BCUT2D eigenvalue weighted by molar-refractivity contribution is 5.76. The Hall–Kier alpha value is -1.75. The summed E-state index contributed by atoms with van der Waals surface area (Å²) >= 11 is 0. The Morgan fingerprint density at radius 1 is 1.47 bits per heavy atom. The van der Waals surface area contributed by atoms with Crippen LogP contribution in [0, 0.1) is 0 Å². The summed E-state index contributed by atoms with van der Waals surface area (Å²) in [6.07, 6.45) is 0.102. The number of ether oxygens (including phenoxy) is 1. The molecule has 82 valence electrons. The summed E-state index contributed by atoms with van der Waals surface area (Å²) in [5, 5.41) is 9.51. The Kier molecular flexibility index (Phi) is 3.93. The van der Waals surface area contributed by atoms with E-state index >= 15 is 0 Å². The van der Waals surface area contributed by atoms with Gasteiger partial charge in [-0.25, -0.2) is 0 Å². The number of aromatic hydroxyl groups is 1. The third-order valence-corrected chi connectivity index (χ3v) is 1.78. The molecule has 1 aromatic rings. The van der Waals surface area contributed by atoms with Crippen LogP contribution < -0.4 is 16.2 Å². The van der Waals surface area contributed by atoms with Crippen molar-refractivity contribution in [3.8, 4) is 11.5 Å². The van der Waals surface area contributed by atoms with Crippen molar-refractivity contribution in [1.82, 2.24) is 0 Å². The number of carbonyl (C=O) groups is 1. The summed E-state index contributed by atoms with van der Waals surface area (Å²) in [6, 6.07) is 4.72. The maximum Gasteiger partial charge on any atom is 0.221 e. The SMILES string of the molecule is NCCOc1ccc(CC(N)=O)cc1O. The lowest BCUT2D eigenvalue weighted by molar-refractivity contribution is -0.117. The van der Waals surface area contributed by atoms with Crippen LogP contribution in [-0.4, -0.2) is 24.2 Å². The Bertz CT molecular complexity index is 353. The summed E-state index contributed by atoms with van der Waals surface area (Å²) in [5.41, 5.74) is 10.9. The Morgan fingerprint density at radius 3 is 2.73 bits per heavy atom. The topological polar surface area (TPSA) is 98.6 Å². The molecule has 0 saturated heterocycles. The number of phenolic OH excluding ortho intramolecular Hbond substituents is 1. The highest BCUT2D eigenvalue weighted by atomic mass is 16.5. The molecule has 1 aromatic carbocycles. The van der Waals surface area contributed by atoms with E-state index in [1.807, 2.05) is 0 Å². The second kappa shape index (κ2) is 5.21. The van der Waals surface area contributed by atoms with Crippen molar-refractivity contribution in [1.29, 1.82) is 0 Å². The second-order valence-corrected chi connectivity index (χ2v) is 3.08. The number of nitrogens with two attached hydrogens (primary N) is 2. The van der Waals surface area contributed by atoms with Crippen LogP contribution in [0.5, 0.6) is 11.5 Å². The number of rotatable bonds is 5. The van der Waals surface area contributed by atoms with Crippen molar-refractivity contribution >= 4 is 5.91 Å². The average Bonchev–Trinajstić information content (AvgIpc) is 2.15. The quantitative estimate of drug-likeness (QED) is 0.624. The molecule has 0 aliphatic carbocycles. The largest absolute Gasteiger partial charge is 0.504 e. The van der Waals surface area contributed by atoms with Gasteiger partial charge < -0.3 is 21.3 Å². The van der Waals surface area contributed by atoms with Gasteiger partial charge in [-0.2, -0.15) is 0 Å². The van der Waals surface area contributed by atoms with Crippen molar-refractivity contribution in [3.05, 3.63) is 23.8 Å². The molecule has 15 heavy (non-hydrogen) atoms. The van der Waals surface area contributed by atoms with E-state index in [0.29, 0.717) is 24.5 Å². The van der Waals surface area contributed by atoms with Gasteiger partial charge in [0.2, 0.25) is 5.91 Å². The maximum atomic E-state index is 10.6. The lowest BCUT2D eigenvalue weighted by Gasteiger charge is -2.07. The van der Waals surface area contributed by atoms with Crippen molar-refractivity contribution in [2.24, 2.45) is 11.5 Å². The van der Waals surface area contributed by atoms with E-state index in [1.54, 1.807) is 12.1 Å². The summed E-state index contributed by atoms with van der Waals surface area (Å²) in [4.78, 5) is 10.6. The van der Waals surface area contributed by atoms with Gasteiger partial charge in [0.1, 0.15) is 6.61 Å². The number of benzene rings is 1. The monoisotopic (exact) mass is 210 g/mol. The molecular weight excluding hydrogens is 196 g/mol. The zero-order chi connectivity index (χ0) is 11.3. The molecule has 0 aliphatic rings. The number of primary amides is 1. The van der Waals surface area contributed by atoms with Gasteiger partial charge in [-0.1, -0.05) is 6.07 Å². The number of phenols is 1. The lowest BCUT2D eigenvalue weighted by atomic mass is 10.1. The van der Waals surface area contributed by atoms with Gasteiger partial charge >= 0.3 is 0 Å². The zero-order valence-corrected chi connectivity index (χ0v) is 8.27. The first-order chi connectivity index (χ1) is 7.13. The molecule has 0 fully saturated rings. The fourth-order valence-corrected chi connectivity index (χ4v) is 1.17. The molecule has 1 rings (SSSR count). The van der Waals surface area contributed by atoms with E-state index in [9.17, 15) is 9.90 Å². The first-order valence-electron chi connectivity index (χ1n) is 4.56. The van der Waals surface area contributed by atoms with Crippen LogP contribution in [0.25, 0.3) is 0 Å². The molecule has 0 aromatic heterocycles. The van der Waals surface area contributed by atoms with Gasteiger partial charge in [0.25, 0.3) is 0 Å². The molecule has 0 aliphatic heterocycles. The van der Waals surface area contributed by atoms with Crippen LogP contribution in [0.15, 0.2) is 18.2 Å². The van der Waals surface area contributed by atoms with Crippen molar-refractivity contribution in [2.75, 3.05) is 13.2 Å². The summed E-state index contributed by atoms with van der Waals surface area (Å²) in [5.74, 6) is -0.0964. The molecule has 0 heterocycles. The van der Waals surface area contributed by atoms with E-state index < -0.39 is 5.91 Å². The van der Waals surface area contributed by atoms with Crippen LogP contribution >= 0.6 is 0 Å². The van der Waals surface area contributed by atoms with Crippen LogP contribution in [0.4, 0.5) is 0 Å². The molecule has 0 spiro atoms. The van der Waals surface area contributed by atoms with Gasteiger partial charge in [-0.3, -0.25) is 4.79 Å². The fraction of sp³-hybridized carbons (Fsp3) is 0.300. The third-order valence-electron chi connectivity index (χ3n) is 1.78. The number of hydrogen-bond donors (Lipinski definition) is 3. The second-order valence-electron chi connectivity index (χ2n) is 3.08.